The zero-order valence-electron chi connectivity index (χ0n) is 16.9. The third kappa shape index (κ3) is 5.22. The van der Waals surface area contributed by atoms with Crippen molar-refractivity contribution in [3.8, 4) is 5.75 Å². The van der Waals surface area contributed by atoms with Crippen molar-refractivity contribution in [2.45, 2.75) is 20.1 Å². The fourth-order valence-corrected chi connectivity index (χ4v) is 3.91. The van der Waals surface area contributed by atoms with E-state index >= 15 is 0 Å². The second kappa shape index (κ2) is 9.18. The molecule has 0 aliphatic carbocycles. The number of benzene rings is 3. The molecular formula is C25H20FNO3S. The van der Waals surface area contributed by atoms with Crippen LogP contribution in [0.15, 0.2) is 77.7 Å². The molecule has 2 amide bonds. The van der Waals surface area contributed by atoms with Crippen LogP contribution in [0.5, 0.6) is 5.75 Å². The average Bonchev–Trinajstić information content (AvgIpc) is 3.03. The maximum absolute atomic E-state index is 13.0. The third-order valence-electron chi connectivity index (χ3n) is 4.83. The van der Waals surface area contributed by atoms with Crippen LogP contribution in [0, 0.1) is 12.7 Å². The van der Waals surface area contributed by atoms with Gasteiger partial charge in [0.15, 0.2) is 0 Å². The van der Waals surface area contributed by atoms with Crippen molar-refractivity contribution in [2.24, 2.45) is 0 Å². The summed E-state index contributed by atoms with van der Waals surface area (Å²) >= 11 is 0.949. The normalized spacial score (nSPS) is 15.0. The van der Waals surface area contributed by atoms with Gasteiger partial charge in [0.2, 0.25) is 0 Å². The summed E-state index contributed by atoms with van der Waals surface area (Å²) in [5.41, 5.74) is 3.71. The molecule has 4 nitrogen and oxygen atoms in total. The van der Waals surface area contributed by atoms with E-state index in [9.17, 15) is 14.0 Å². The average molecular weight is 434 g/mol. The van der Waals surface area contributed by atoms with Crippen molar-refractivity contribution in [2.75, 3.05) is 0 Å². The molecule has 0 spiro atoms. The van der Waals surface area contributed by atoms with Gasteiger partial charge < -0.3 is 4.74 Å². The molecular weight excluding hydrogens is 413 g/mol. The van der Waals surface area contributed by atoms with Crippen LogP contribution < -0.4 is 4.74 Å². The zero-order valence-corrected chi connectivity index (χ0v) is 17.7. The van der Waals surface area contributed by atoms with Gasteiger partial charge in [0.25, 0.3) is 11.1 Å². The predicted molar refractivity (Wildman–Crippen MR) is 120 cm³/mol. The van der Waals surface area contributed by atoms with Gasteiger partial charge in [-0.15, -0.1) is 0 Å². The second-order valence-corrected chi connectivity index (χ2v) is 8.23. The quantitative estimate of drug-likeness (QED) is 0.451. The molecule has 0 atom stereocenters. The van der Waals surface area contributed by atoms with E-state index in [-0.39, 0.29) is 23.5 Å². The fraction of sp³-hybridized carbons (Fsp3) is 0.120. The van der Waals surface area contributed by atoms with Crippen molar-refractivity contribution in [1.82, 2.24) is 4.90 Å². The van der Waals surface area contributed by atoms with Gasteiger partial charge in [0, 0.05) is 0 Å². The Morgan fingerprint density at radius 1 is 0.903 bits per heavy atom. The minimum atomic E-state index is -0.285. The standard InChI is InChI=1S/C25H20FNO3S/c1-17-2-4-19(5-3-17)15-27-24(28)23(31-25(27)29)14-18-8-12-22(13-9-18)30-16-20-6-10-21(26)11-7-20/h2-14H,15-16H2,1H3/b23-14-. The first kappa shape index (κ1) is 20.9. The highest BCUT2D eigenvalue weighted by Gasteiger charge is 2.34. The summed E-state index contributed by atoms with van der Waals surface area (Å²) in [7, 11) is 0. The number of amides is 2. The maximum atomic E-state index is 13.0. The zero-order chi connectivity index (χ0) is 21.8. The molecule has 1 saturated heterocycles. The Bertz CT molecular complexity index is 1120. The summed E-state index contributed by atoms with van der Waals surface area (Å²) in [6, 6.07) is 21.2. The Morgan fingerprint density at radius 3 is 2.23 bits per heavy atom. The molecule has 156 valence electrons. The van der Waals surface area contributed by atoms with Crippen molar-refractivity contribution in [1.29, 1.82) is 0 Å². The van der Waals surface area contributed by atoms with Crippen molar-refractivity contribution < 1.29 is 18.7 Å². The van der Waals surface area contributed by atoms with Crippen molar-refractivity contribution >= 4 is 29.0 Å². The van der Waals surface area contributed by atoms with Gasteiger partial charge >= 0.3 is 0 Å². The Labute approximate surface area is 184 Å². The number of aryl methyl sites for hydroxylation is 1. The van der Waals surface area contributed by atoms with Crippen LogP contribution in [0.3, 0.4) is 0 Å². The van der Waals surface area contributed by atoms with Crippen molar-refractivity contribution in [3.05, 3.63) is 106 Å². The summed E-state index contributed by atoms with van der Waals surface area (Å²) in [5.74, 6) is 0.0949. The molecule has 31 heavy (non-hydrogen) atoms. The van der Waals surface area contributed by atoms with E-state index in [0.717, 1.165) is 34.0 Å². The number of hydrogen-bond acceptors (Lipinski definition) is 4. The predicted octanol–water partition coefficient (Wildman–Crippen LogP) is 5.95. The van der Waals surface area contributed by atoms with E-state index in [2.05, 4.69) is 0 Å². The van der Waals surface area contributed by atoms with Crippen LogP contribution in [0.25, 0.3) is 6.08 Å². The number of halogens is 1. The first-order valence-corrected chi connectivity index (χ1v) is 10.6. The lowest BCUT2D eigenvalue weighted by Crippen LogP contribution is -2.27. The first-order chi connectivity index (χ1) is 15.0. The molecule has 1 aliphatic rings. The van der Waals surface area contributed by atoms with Crippen LogP contribution in [-0.2, 0) is 17.9 Å². The molecule has 0 saturated carbocycles. The summed E-state index contributed by atoms with van der Waals surface area (Å²) in [6.45, 7) is 2.59. The topological polar surface area (TPSA) is 46.6 Å². The Hall–Kier alpha value is -3.38. The largest absolute Gasteiger partial charge is 0.489 e. The van der Waals surface area contributed by atoms with E-state index in [4.69, 9.17) is 4.74 Å². The maximum Gasteiger partial charge on any atom is 0.293 e. The molecule has 3 aromatic rings. The number of ether oxygens (including phenoxy) is 1. The highest BCUT2D eigenvalue weighted by molar-refractivity contribution is 8.18. The SMILES string of the molecule is Cc1ccc(CN2C(=O)S/C(=C\c3ccc(OCc4ccc(F)cc4)cc3)C2=O)cc1. The number of thioether (sulfide) groups is 1. The van der Waals surface area contributed by atoms with Gasteiger partial charge in [-0.25, -0.2) is 4.39 Å². The van der Waals surface area contributed by atoms with E-state index in [0.29, 0.717) is 17.3 Å². The van der Waals surface area contributed by atoms with E-state index in [1.54, 1.807) is 30.3 Å². The number of hydrogen-bond donors (Lipinski definition) is 0. The van der Waals surface area contributed by atoms with Gasteiger partial charge in [0.05, 0.1) is 11.4 Å². The number of rotatable bonds is 6. The monoisotopic (exact) mass is 433 g/mol. The molecule has 1 aliphatic heterocycles. The lowest BCUT2D eigenvalue weighted by Gasteiger charge is -2.12. The number of imide groups is 1. The molecule has 0 radical (unpaired) electrons. The highest BCUT2D eigenvalue weighted by Crippen LogP contribution is 2.33. The van der Waals surface area contributed by atoms with Gasteiger partial charge in [0.1, 0.15) is 18.2 Å². The lowest BCUT2D eigenvalue weighted by molar-refractivity contribution is -0.123. The molecule has 0 bridgehead atoms. The number of carbonyl (C=O) groups is 2. The van der Waals surface area contributed by atoms with E-state index in [1.807, 2.05) is 43.3 Å². The lowest BCUT2D eigenvalue weighted by atomic mass is 10.1. The van der Waals surface area contributed by atoms with Gasteiger partial charge in [-0.2, -0.15) is 0 Å². The first-order valence-electron chi connectivity index (χ1n) is 9.76. The number of nitrogens with zero attached hydrogens (tertiary/aromatic N) is 1. The summed E-state index contributed by atoms with van der Waals surface area (Å²) in [6.07, 6.45) is 1.71. The molecule has 1 fully saturated rings. The minimum Gasteiger partial charge on any atom is -0.489 e. The van der Waals surface area contributed by atoms with Crippen LogP contribution in [0.1, 0.15) is 22.3 Å². The second-order valence-electron chi connectivity index (χ2n) is 7.24. The Morgan fingerprint density at radius 2 is 1.55 bits per heavy atom. The molecule has 3 aromatic carbocycles. The van der Waals surface area contributed by atoms with Crippen LogP contribution >= 0.6 is 11.8 Å². The molecule has 1 heterocycles. The smallest absolute Gasteiger partial charge is 0.293 e. The summed E-state index contributed by atoms with van der Waals surface area (Å²) < 4.78 is 18.7. The van der Waals surface area contributed by atoms with Gasteiger partial charge in [-0.1, -0.05) is 54.1 Å². The summed E-state index contributed by atoms with van der Waals surface area (Å²) in [4.78, 5) is 26.7. The van der Waals surface area contributed by atoms with E-state index < -0.39 is 0 Å². The van der Waals surface area contributed by atoms with Crippen LogP contribution in [0.2, 0.25) is 0 Å². The van der Waals surface area contributed by atoms with Gasteiger partial charge in [-0.05, 0) is 65.7 Å². The summed E-state index contributed by atoms with van der Waals surface area (Å²) in [5, 5.41) is -0.268. The Balaban J connectivity index is 1.39. The molecule has 0 N–H and O–H groups in total. The fourth-order valence-electron chi connectivity index (χ4n) is 3.07. The molecule has 6 heteroatoms. The third-order valence-corrected chi connectivity index (χ3v) is 5.74. The molecule has 0 aromatic heterocycles. The van der Waals surface area contributed by atoms with Crippen LogP contribution in [0.4, 0.5) is 9.18 Å². The van der Waals surface area contributed by atoms with Crippen LogP contribution in [-0.4, -0.2) is 16.0 Å². The highest BCUT2D eigenvalue weighted by atomic mass is 32.2. The minimum absolute atomic E-state index is 0.262. The Kier molecular flexibility index (Phi) is 6.18. The van der Waals surface area contributed by atoms with Crippen molar-refractivity contribution in [3.63, 3.8) is 0 Å². The number of carbonyl (C=O) groups excluding carboxylic acids is 2. The van der Waals surface area contributed by atoms with Gasteiger partial charge in [-0.3, -0.25) is 14.5 Å². The molecule has 0 unspecified atom stereocenters. The van der Waals surface area contributed by atoms with E-state index in [1.165, 1.54) is 17.0 Å². The molecule has 4 rings (SSSR count).